The number of hydrogen-bond donors (Lipinski definition) is 1. The van der Waals surface area contributed by atoms with Crippen LogP contribution in [-0.2, 0) is 4.74 Å². The molecule has 1 rings (SSSR count). The zero-order valence-corrected chi connectivity index (χ0v) is 12.1. The van der Waals surface area contributed by atoms with Gasteiger partial charge in [-0.25, -0.2) is 8.78 Å². The minimum Gasteiger partial charge on any atom is -0.374 e. The Morgan fingerprint density at radius 2 is 1.95 bits per heavy atom. The minimum absolute atomic E-state index is 0.303. The number of likely N-dealkylation sites (N-methyl/N-ethyl adjacent to an activating group) is 1. The fourth-order valence-corrected chi connectivity index (χ4v) is 2.31. The van der Waals surface area contributed by atoms with Gasteiger partial charge in [-0.15, -0.1) is 0 Å². The lowest BCUT2D eigenvalue weighted by Gasteiger charge is -2.37. The minimum atomic E-state index is -0.564. The highest BCUT2D eigenvalue weighted by Gasteiger charge is 2.35. The molecule has 0 heterocycles. The topological polar surface area (TPSA) is 21.3 Å². The van der Waals surface area contributed by atoms with Crippen molar-refractivity contribution in [3.63, 3.8) is 0 Å². The first kappa shape index (κ1) is 16.1. The molecule has 1 N–H and O–H groups in total. The van der Waals surface area contributed by atoms with Crippen LogP contribution in [0.3, 0.4) is 0 Å². The Labute approximate surface area is 114 Å². The van der Waals surface area contributed by atoms with Crippen molar-refractivity contribution in [2.75, 3.05) is 13.2 Å². The molecule has 1 aromatic carbocycles. The first-order valence-electron chi connectivity index (χ1n) is 6.80. The van der Waals surface area contributed by atoms with Crippen LogP contribution < -0.4 is 5.32 Å². The fourth-order valence-electron chi connectivity index (χ4n) is 2.31. The normalized spacial score (nSPS) is 16.1. The Balaban J connectivity index is 3.18. The van der Waals surface area contributed by atoms with Crippen molar-refractivity contribution >= 4 is 0 Å². The SMILES string of the molecule is CCNC(c1ccc(F)cc1F)C(C)(CC)OCC. The molecule has 2 nitrogen and oxygen atoms in total. The second-order valence-electron chi connectivity index (χ2n) is 4.76. The van der Waals surface area contributed by atoms with Gasteiger partial charge in [0.1, 0.15) is 11.6 Å². The maximum atomic E-state index is 14.0. The molecule has 4 heteroatoms. The van der Waals surface area contributed by atoms with Gasteiger partial charge >= 0.3 is 0 Å². The maximum Gasteiger partial charge on any atom is 0.131 e. The molecule has 108 valence electrons. The molecule has 1 aromatic rings. The quantitative estimate of drug-likeness (QED) is 0.814. The second-order valence-corrected chi connectivity index (χ2v) is 4.76. The molecule has 0 saturated carbocycles. The number of ether oxygens (including phenoxy) is 1. The number of nitrogens with one attached hydrogen (secondary N) is 1. The van der Waals surface area contributed by atoms with Gasteiger partial charge in [-0.2, -0.15) is 0 Å². The predicted molar refractivity (Wildman–Crippen MR) is 73.1 cm³/mol. The Hall–Kier alpha value is -1.00. The lowest BCUT2D eigenvalue weighted by atomic mass is 9.87. The zero-order chi connectivity index (χ0) is 14.5. The van der Waals surface area contributed by atoms with Gasteiger partial charge in [0.25, 0.3) is 0 Å². The van der Waals surface area contributed by atoms with Gasteiger partial charge in [0.2, 0.25) is 0 Å². The van der Waals surface area contributed by atoms with Gasteiger partial charge in [-0.1, -0.05) is 19.9 Å². The molecule has 0 amide bonds. The smallest absolute Gasteiger partial charge is 0.131 e. The average Bonchev–Trinajstić information content (AvgIpc) is 2.37. The molecular weight excluding hydrogens is 248 g/mol. The third-order valence-corrected chi connectivity index (χ3v) is 3.47. The molecule has 0 radical (unpaired) electrons. The van der Waals surface area contributed by atoms with E-state index in [0.717, 1.165) is 12.5 Å². The van der Waals surface area contributed by atoms with Crippen LogP contribution in [0, 0.1) is 11.6 Å². The summed E-state index contributed by atoms with van der Waals surface area (Å²) in [5.74, 6) is -1.10. The van der Waals surface area contributed by atoms with Crippen LogP contribution in [0.5, 0.6) is 0 Å². The van der Waals surface area contributed by atoms with Gasteiger partial charge in [0.05, 0.1) is 11.6 Å². The molecule has 0 aromatic heterocycles. The molecular formula is C15H23F2NO. The van der Waals surface area contributed by atoms with Gasteiger partial charge in [-0.05, 0) is 32.9 Å². The van der Waals surface area contributed by atoms with Gasteiger partial charge < -0.3 is 10.1 Å². The van der Waals surface area contributed by atoms with E-state index in [1.54, 1.807) is 0 Å². The summed E-state index contributed by atoms with van der Waals surface area (Å²) < 4.78 is 32.8. The van der Waals surface area contributed by atoms with E-state index < -0.39 is 17.2 Å². The largest absolute Gasteiger partial charge is 0.374 e. The van der Waals surface area contributed by atoms with Crippen LogP contribution in [0.4, 0.5) is 8.78 Å². The number of halogens is 2. The third kappa shape index (κ3) is 3.74. The molecule has 0 saturated heterocycles. The Morgan fingerprint density at radius 1 is 1.26 bits per heavy atom. The molecule has 2 atom stereocenters. The molecule has 19 heavy (non-hydrogen) atoms. The Morgan fingerprint density at radius 3 is 2.42 bits per heavy atom. The Bertz CT molecular complexity index is 411. The van der Waals surface area contributed by atoms with Crippen molar-refractivity contribution in [2.45, 2.75) is 45.8 Å². The molecule has 0 bridgehead atoms. The highest BCUT2D eigenvalue weighted by atomic mass is 19.1. The summed E-state index contributed by atoms with van der Waals surface area (Å²) >= 11 is 0. The molecule has 0 aliphatic heterocycles. The summed E-state index contributed by atoms with van der Waals surface area (Å²) in [6.07, 6.45) is 0.731. The van der Waals surface area contributed by atoms with Crippen molar-refractivity contribution in [1.82, 2.24) is 5.32 Å². The summed E-state index contributed by atoms with van der Waals surface area (Å²) in [5.41, 5.74) is -0.0790. The van der Waals surface area contributed by atoms with E-state index in [4.69, 9.17) is 4.74 Å². The van der Waals surface area contributed by atoms with E-state index in [1.165, 1.54) is 12.1 Å². The number of hydrogen-bond acceptors (Lipinski definition) is 2. The van der Waals surface area contributed by atoms with Gasteiger partial charge in [0.15, 0.2) is 0 Å². The second kappa shape index (κ2) is 6.96. The number of benzene rings is 1. The van der Waals surface area contributed by atoms with Crippen molar-refractivity contribution < 1.29 is 13.5 Å². The maximum absolute atomic E-state index is 14.0. The molecule has 0 aliphatic carbocycles. The first-order chi connectivity index (χ1) is 8.98. The summed E-state index contributed by atoms with van der Waals surface area (Å²) in [5, 5.41) is 3.25. The fraction of sp³-hybridized carbons (Fsp3) is 0.600. The molecule has 0 spiro atoms. The monoisotopic (exact) mass is 271 g/mol. The number of rotatable bonds is 7. The van der Waals surface area contributed by atoms with Crippen molar-refractivity contribution in [3.8, 4) is 0 Å². The van der Waals surface area contributed by atoms with E-state index in [-0.39, 0.29) is 6.04 Å². The van der Waals surface area contributed by atoms with Crippen LogP contribution in [0.2, 0.25) is 0 Å². The van der Waals surface area contributed by atoms with E-state index in [9.17, 15) is 8.78 Å². The summed E-state index contributed by atoms with van der Waals surface area (Å²) in [6.45, 7) is 9.06. The highest BCUT2D eigenvalue weighted by molar-refractivity contribution is 5.25. The van der Waals surface area contributed by atoms with Gasteiger partial charge in [0, 0.05) is 18.2 Å². The lowest BCUT2D eigenvalue weighted by Crippen LogP contribution is -2.44. The van der Waals surface area contributed by atoms with Crippen molar-refractivity contribution in [1.29, 1.82) is 0 Å². The Kier molecular flexibility index (Phi) is 5.88. The van der Waals surface area contributed by atoms with Crippen molar-refractivity contribution in [3.05, 3.63) is 35.4 Å². The summed E-state index contributed by atoms with van der Waals surface area (Å²) in [4.78, 5) is 0. The van der Waals surface area contributed by atoms with Crippen LogP contribution in [-0.4, -0.2) is 18.8 Å². The van der Waals surface area contributed by atoms with E-state index >= 15 is 0 Å². The van der Waals surface area contributed by atoms with E-state index in [1.807, 2.05) is 27.7 Å². The van der Waals surface area contributed by atoms with E-state index in [2.05, 4.69) is 5.32 Å². The molecule has 0 aliphatic rings. The van der Waals surface area contributed by atoms with Crippen LogP contribution in [0.25, 0.3) is 0 Å². The standard InChI is InChI=1S/C15H23F2NO/c1-5-15(4,19-7-3)14(18-6-2)12-9-8-11(16)10-13(12)17/h8-10,14,18H,5-7H2,1-4H3. The molecule has 0 fully saturated rings. The van der Waals surface area contributed by atoms with Crippen LogP contribution in [0.15, 0.2) is 18.2 Å². The predicted octanol–water partition coefficient (Wildman–Crippen LogP) is 3.82. The van der Waals surface area contributed by atoms with E-state index in [0.29, 0.717) is 18.7 Å². The van der Waals surface area contributed by atoms with Gasteiger partial charge in [-0.3, -0.25) is 0 Å². The summed E-state index contributed by atoms with van der Waals surface area (Å²) in [7, 11) is 0. The summed E-state index contributed by atoms with van der Waals surface area (Å²) in [6, 6.07) is 3.39. The highest BCUT2D eigenvalue weighted by Crippen LogP contribution is 2.33. The molecule has 2 unspecified atom stereocenters. The first-order valence-corrected chi connectivity index (χ1v) is 6.80. The third-order valence-electron chi connectivity index (χ3n) is 3.47. The van der Waals surface area contributed by atoms with Crippen LogP contribution >= 0.6 is 0 Å². The average molecular weight is 271 g/mol. The lowest BCUT2D eigenvalue weighted by molar-refractivity contribution is -0.0567. The zero-order valence-electron chi connectivity index (χ0n) is 12.1. The van der Waals surface area contributed by atoms with Crippen molar-refractivity contribution in [2.24, 2.45) is 0 Å². The van der Waals surface area contributed by atoms with Crippen LogP contribution in [0.1, 0.15) is 45.7 Å².